The molecule has 4 nitrogen and oxygen atoms in total. The summed E-state index contributed by atoms with van der Waals surface area (Å²) in [5, 5.41) is 0. The highest BCUT2D eigenvalue weighted by Crippen LogP contribution is 2.23. The van der Waals surface area contributed by atoms with Gasteiger partial charge in [-0.2, -0.15) is 0 Å². The number of amides is 1. The van der Waals surface area contributed by atoms with E-state index in [1.54, 1.807) is 0 Å². The van der Waals surface area contributed by atoms with Crippen LogP contribution in [0, 0.1) is 5.92 Å². The van der Waals surface area contributed by atoms with Crippen LogP contribution < -0.4 is 11.3 Å². The number of carbonyl (C=O) groups excluding carboxylic acids is 1. The first-order chi connectivity index (χ1) is 7.67. The van der Waals surface area contributed by atoms with Crippen LogP contribution in [-0.4, -0.2) is 29.9 Å². The highest BCUT2D eigenvalue weighted by Gasteiger charge is 2.25. The van der Waals surface area contributed by atoms with E-state index in [-0.39, 0.29) is 5.91 Å². The summed E-state index contributed by atoms with van der Waals surface area (Å²) in [5.41, 5.74) is 2.18. The Kier molecular flexibility index (Phi) is 5.77. The molecule has 1 fully saturated rings. The monoisotopic (exact) mass is 227 g/mol. The number of hydrogen-bond donors (Lipinski definition) is 2. The number of rotatable bonds is 6. The van der Waals surface area contributed by atoms with E-state index in [2.05, 4.69) is 24.2 Å². The van der Waals surface area contributed by atoms with Crippen molar-refractivity contribution in [1.29, 1.82) is 0 Å². The maximum absolute atomic E-state index is 11.0. The average molecular weight is 227 g/mol. The molecular weight excluding hydrogens is 202 g/mol. The van der Waals surface area contributed by atoms with Crippen LogP contribution in [0.25, 0.3) is 0 Å². The zero-order valence-electron chi connectivity index (χ0n) is 10.5. The lowest BCUT2D eigenvalue weighted by Crippen LogP contribution is -2.34. The van der Waals surface area contributed by atoms with Crippen molar-refractivity contribution < 1.29 is 4.79 Å². The van der Waals surface area contributed by atoms with E-state index in [1.165, 1.54) is 32.4 Å². The molecule has 1 amide bonds. The molecule has 0 aromatic rings. The predicted molar refractivity (Wildman–Crippen MR) is 65.6 cm³/mol. The summed E-state index contributed by atoms with van der Waals surface area (Å²) in [6, 6.07) is 0.499. The molecule has 0 bridgehead atoms. The van der Waals surface area contributed by atoms with Gasteiger partial charge in [0, 0.05) is 19.0 Å². The van der Waals surface area contributed by atoms with E-state index in [9.17, 15) is 4.79 Å². The Morgan fingerprint density at radius 2 is 2.38 bits per heavy atom. The van der Waals surface area contributed by atoms with Crippen molar-refractivity contribution in [2.75, 3.05) is 13.1 Å². The first kappa shape index (κ1) is 13.5. The minimum absolute atomic E-state index is 0.0591. The van der Waals surface area contributed by atoms with Crippen LogP contribution in [-0.2, 0) is 4.79 Å². The van der Waals surface area contributed by atoms with Gasteiger partial charge >= 0.3 is 0 Å². The van der Waals surface area contributed by atoms with Gasteiger partial charge in [-0.05, 0) is 38.6 Å². The molecule has 0 spiro atoms. The minimum Gasteiger partial charge on any atom is -0.300 e. The second-order valence-corrected chi connectivity index (χ2v) is 4.89. The third kappa shape index (κ3) is 4.10. The summed E-state index contributed by atoms with van der Waals surface area (Å²) >= 11 is 0. The van der Waals surface area contributed by atoms with Crippen LogP contribution in [0.2, 0.25) is 0 Å². The van der Waals surface area contributed by atoms with Gasteiger partial charge in [0.1, 0.15) is 0 Å². The number of nitrogens with zero attached hydrogens (tertiary/aromatic N) is 1. The number of hydrazine groups is 1. The molecule has 0 aliphatic carbocycles. The third-order valence-corrected chi connectivity index (χ3v) is 3.59. The van der Waals surface area contributed by atoms with Crippen LogP contribution in [0.1, 0.15) is 46.0 Å². The fraction of sp³-hybridized carbons (Fsp3) is 0.917. The zero-order valence-corrected chi connectivity index (χ0v) is 10.5. The topological polar surface area (TPSA) is 58.4 Å². The van der Waals surface area contributed by atoms with Crippen LogP contribution >= 0.6 is 0 Å². The highest BCUT2D eigenvalue weighted by atomic mass is 16.2. The summed E-state index contributed by atoms with van der Waals surface area (Å²) < 4.78 is 0. The van der Waals surface area contributed by atoms with Gasteiger partial charge in [0.25, 0.3) is 0 Å². The quantitative estimate of drug-likeness (QED) is 0.408. The lowest BCUT2D eigenvalue weighted by molar-refractivity contribution is -0.121. The Morgan fingerprint density at radius 3 is 3.00 bits per heavy atom. The van der Waals surface area contributed by atoms with Gasteiger partial charge in [0.05, 0.1) is 0 Å². The van der Waals surface area contributed by atoms with Crippen molar-refractivity contribution in [2.45, 2.75) is 52.0 Å². The molecule has 2 atom stereocenters. The van der Waals surface area contributed by atoms with Crippen LogP contribution in [0.15, 0.2) is 0 Å². The molecule has 4 heteroatoms. The van der Waals surface area contributed by atoms with E-state index in [4.69, 9.17) is 5.84 Å². The lowest BCUT2D eigenvalue weighted by atomic mass is 10.0. The Morgan fingerprint density at radius 1 is 1.62 bits per heavy atom. The molecule has 16 heavy (non-hydrogen) atoms. The lowest BCUT2D eigenvalue weighted by Gasteiger charge is -2.24. The maximum atomic E-state index is 11.0. The first-order valence-corrected chi connectivity index (χ1v) is 6.40. The fourth-order valence-electron chi connectivity index (χ4n) is 2.50. The smallest absolute Gasteiger partial charge is 0.233 e. The molecule has 94 valence electrons. The summed E-state index contributed by atoms with van der Waals surface area (Å²) in [6.45, 7) is 6.85. The Labute approximate surface area is 98.5 Å². The predicted octanol–water partition coefficient (Wildman–Crippen LogP) is 1.27. The third-order valence-electron chi connectivity index (χ3n) is 3.59. The van der Waals surface area contributed by atoms with Gasteiger partial charge in [-0.15, -0.1) is 0 Å². The number of hydrogen-bond acceptors (Lipinski definition) is 3. The summed E-state index contributed by atoms with van der Waals surface area (Å²) in [7, 11) is 0. The largest absolute Gasteiger partial charge is 0.300 e. The van der Waals surface area contributed by atoms with E-state index in [0.717, 1.165) is 12.3 Å². The van der Waals surface area contributed by atoms with Gasteiger partial charge in [-0.25, -0.2) is 5.84 Å². The molecule has 2 unspecified atom stereocenters. The minimum atomic E-state index is -0.0591. The Balaban J connectivity index is 2.22. The Hall–Kier alpha value is -0.610. The van der Waals surface area contributed by atoms with E-state index < -0.39 is 0 Å². The number of likely N-dealkylation sites (tertiary alicyclic amines) is 1. The molecule has 1 aliphatic heterocycles. The fourth-order valence-corrected chi connectivity index (χ4v) is 2.50. The van der Waals surface area contributed by atoms with Crippen molar-refractivity contribution >= 4 is 5.91 Å². The molecule has 1 heterocycles. The van der Waals surface area contributed by atoms with Crippen LogP contribution in [0.5, 0.6) is 0 Å². The van der Waals surface area contributed by atoms with Gasteiger partial charge in [0.2, 0.25) is 5.91 Å². The standard InChI is InChI=1S/C12H25N3O/c1-3-4-11-7-8-15(9-11)10(2)5-6-12(16)14-13/h10-11H,3-9,13H2,1-2H3,(H,14,16). The summed E-state index contributed by atoms with van der Waals surface area (Å²) in [6.07, 6.45) is 5.38. The van der Waals surface area contributed by atoms with E-state index in [0.29, 0.717) is 12.5 Å². The van der Waals surface area contributed by atoms with E-state index in [1.807, 2.05) is 0 Å². The summed E-state index contributed by atoms with van der Waals surface area (Å²) in [4.78, 5) is 13.5. The van der Waals surface area contributed by atoms with Gasteiger partial charge in [-0.1, -0.05) is 13.3 Å². The molecule has 0 radical (unpaired) electrons. The Bertz CT molecular complexity index is 220. The molecule has 1 aliphatic rings. The maximum Gasteiger partial charge on any atom is 0.233 e. The highest BCUT2D eigenvalue weighted by molar-refractivity contribution is 5.75. The molecule has 1 saturated heterocycles. The van der Waals surface area contributed by atoms with Gasteiger partial charge in [-0.3, -0.25) is 10.2 Å². The zero-order chi connectivity index (χ0) is 12.0. The second kappa shape index (κ2) is 6.86. The average Bonchev–Trinajstić information content (AvgIpc) is 2.74. The number of carbonyl (C=O) groups is 1. The first-order valence-electron chi connectivity index (χ1n) is 6.40. The molecular formula is C12H25N3O. The normalized spacial score (nSPS) is 23.3. The van der Waals surface area contributed by atoms with Gasteiger partial charge < -0.3 is 4.90 Å². The number of nitrogens with one attached hydrogen (secondary N) is 1. The summed E-state index contributed by atoms with van der Waals surface area (Å²) in [5.74, 6) is 5.87. The van der Waals surface area contributed by atoms with E-state index >= 15 is 0 Å². The van der Waals surface area contributed by atoms with Crippen molar-refractivity contribution in [3.05, 3.63) is 0 Å². The van der Waals surface area contributed by atoms with Crippen molar-refractivity contribution in [3.8, 4) is 0 Å². The van der Waals surface area contributed by atoms with Crippen LogP contribution in [0.3, 0.4) is 0 Å². The molecule has 1 rings (SSSR count). The SMILES string of the molecule is CCCC1CCN(C(C)CCC(=O)NN)C1. The second-order valence-electron chi connectivity index (χ2n) is 4.89. The van der Waals surface area contributed by atoms with Crippen molar-refractivity contribution in [1.82, 2.24) is 10.3 Å². The van der Waals surface area contributed by atoms with Crippen molar-refractivity contribution in [3.63, 3.8) is 0 Å². The molecule has 3 N–H and O–H groups in total. The molecule has 0 saturated carbocycles. The molecule has 0 aromatic heterocycles. The van der Waals surface area contributed by atoms with Crippen LogP contribution in [0.4, 0.5) is 0 Å². The van der Waals surface area contributed by atoms with Crippen molar-refractivity contribution in [2.24, 2.45) is 11.8 Å². The molecule has 0 aromatic carbocycles. The van der Waals surface area contributed by atoms with Gasteiger partial charge in [0.15, 0.2) is 0 Å². The number of nitrogens with two attached hydrogens (primary N) is 1.